The highest BCUT2D eigenvalue weighted by atomic mass is 79.9. The molecule has 0 aliphatic heterocycles. The molecule has 0 aliphatic rings. The van der Waals surface area contributed by atoms with Crippen molar-refractivity contribution in [3.05, 3.63) is 51.1 Å². The van der Waals surface area contributed by atoms with Gasteiger partial charge in [-0.3, -0.25) is 0 Å². The summed E-state index contributed by atoms with van der Waals surface area (Å²) in [7, 11) is 0. The second-order valence-electron chi connectivity index (χ2n) is 3.85. The molecule has 0 bridgehead atoms. The predicted octanol–water partition coefficient (Wildman–Crippen LogP) is 4.39. The molecule has 0 aliphatic carbocycles. The smallest absolute Gasteiger partial charge is 0.319 e. The molecular formula is C13H13BrN2OS. The van der Waals surface area contributed by atoms with Crippen LogP contribution in [0, 0.1) is 0 Å². The second kappa shape index (κ2) is 6.02. The van der Waals surface area contributed by atoms with Gasteiger partial charge in [0, 0.05) is 15.0 Å². The molecule has 1 atom stereocenters. The van der Waals surface area contributed by atoms with Crippen LogP contribution in [0.5, 0.6) is 0 Å². The molecule has 0 radical (unpaired) electrons. The van der Waals surface area contributed by atoms with Crippen LogP contribution < -0.4 is 10.6 Å². The summed E-state index contributed by atoms with van der Waals surface area (Å²) in [5, 5.41) is 7.70. The number of urea groups is 1. The van der Waals surface area contributed by atoms with Crippen molar-refractivity contribution in [1.82, 2.24) is 5.32 Å². The lowest BCUT2D eigenvalue weighted by atomic mass is 10.3. The second-order valence-corrected chi connectivity index (χ2v) is 5.74. The lowest BCUT2D eigenvalue weighted by Crippen LogP contribution is -2.30. The summed E-state index contributed by atoms with van der Waals surface area (Å²) in [4.78, 5) is 12.9. The average Bonchev–Trinajstić information content (AvgIpc) is 2.81. The number of carbonyl (C=O) groups is 1. The van der Waals surface area contributed by atoms with Gasteiger partial charge in [0.2, 0.25) is 0 Å². The molecule has 3 nitrogen and oxygen atoms in total. The number of anilines is 1. The van der Waals surface area contributed by atoms with E-state index in [1.165, 1.54) is 0 Å². The largest absolute Gasteiger partial charge is 0.331 e. The number of hydrogen-bond donors (Lipinski definition) is 2. The first-order chi connectivity index (χ1) is 8.65. The first-order valence-electron chi connectivity index (χ1n) is 5.51. The van der Waals surface area contributed by atoms with Gasteiger partial charge in [0.15, 0.2) is 0 Å². The van der Waals surface area contributed by atoms with E-state index in [2.05, 4.69) is 26.6 Å². The lowest BCUT2D eigenvalue weighted by Gasteiger charge is -2.13. The topological polar surface area (TPSA) is 41.1 Å². The van der Waals surface area contributed by atoms with E-state index >= 15 is 0 Å². The Hall–Kier alpha value is -1.33. The van der Waals surface area contributed by atoms with E-state index in [9.17, 15) is 4.79 Å². The number of benzene rings is 1. The SMILES string of the molecule is CC(NC(=O)Nc1cccc(Br)c1)c1cccs1. The standard InChI is InChI=1S/C13H13BrN2OS/c1-9(12-6-3-7-18-12)15-13(17)16-11-5-2-4-10(14)8-11/h2-9H,1H3,(H2,15,16,17). The molecule has 2 amide bonds. The summed E-state index contributed by atoms with van der Waals surface area (Å²) in [5.41, 5.74) is 0.764. The van der Waals surface area contributed by atoms with E-state index in [0.717, 1.165) is 15.0 Å². The van der Waals surface area contributed by atoms with Crippen molar-refractivity contribution in [3.63, 3.8) is 0 Å². The molecule has 1 aromatic heterocycles. The van der Waals surface area contributed by atoms with Crippen molar-refractivity contribution in [1.29, 1.82) is 0 Å². The van der Waals surface area contributed by atoms with Gasteiger partial charge in [0.25, 0.3) is 0 Å². The summed E-state index contributed by atoms with van der Waals surface area (Å²) in [6.07, 6.45) is 0. The van der Waals surface area contributed by atoms with Crippen LogP contribution in [-0.4, -0.2) is 6.03 Å². The van der Waals surface area contributed by atoms with Crippen LogP contribution >= 0.6 is 27.3 Å². The predicted molar refractivity (Wildman–Crippen MR) is 79.0 cm³/mol. The monoisotopic (exact) mass is 324 g/mol. The molecule has 1 aromatic carbocycles. The maximum atomic E-state index is 11.8. The lowest BCUT2D eigenvalue weighted by molar-refractivity contribution is 0.249. The Kier molecular flexibility index (Phi) is 4.38. The van der Waals surface area contributed by atoms with Crippen LogP contribution in [0.4, 0.5) is 10.5 Å². The highest BCUT2D eigenvalue weighted by Crippen LogP contribution is 2.19. The van der Waals surface area contributed by atoms with Crippen molar-refractivity contribution in [2.24, 2.45) is 0 Å². The zero-order valence-corrected chi connectivity index (χ0v) is 12.2. The van der Waals surface area contributed by atoms with E-state index in [4.69, 9.17) is 0 Å². The van der Waals surface area contributed by atoms with Crippen LogP contribution in [0.25, 0.3) is 0 Å². The third-order valence-electron chi connectivity index (χ3n) is 2.40. The van der Waals surface area contributed by atoms with Gasteiger partial charge in [-0.2, -0.15) is 0 Å². The first kappa shape index (κ1) is 13.1. The van der Waals surface area contributed by atoms with Crippen LogP contribution in [0.1, 0.15) is 17.8 Å². The van der Waals surface area contributed by atoms with E-state index in [1.54, 1.807) is 11.3 Å². The van der Waals surface area contributed by atoms with E-state index in [0.29, 0.717) is 0 Å². The highest BCUT2D eigenvalue weighted by Gasteiger charge is 2.10. The van der Waals surface area contributed by atoms with Gasteiger partial charge in [0.05, 0.1) is 6.04 Å². The maximum absolute atomic E-state index is 11.8. The number of carbonyl (C=O) groups excluding carboxylic acids is 1. The molecular weight excluding hydrogens is 312 g/mol. The normalized spacial score (nSPS) is 11.9. The van der Waals surface area contributed by atoms with Gasteiger partial charge in [-0.1, -0.05) is 28.1 Å². The van der Waals surface area contributed by atoms with Crippen LogP contribution in [0.2, 0.25) is 0 Å². The van der Waals surface area contributed by atoms with E-state index in [-0.39, 0.29) is 12.1 Å². The Bertz CT molecular complexity index is 528. The molecule has 0 spiro atoms. The van der Waals surface area contributed by atoms with Crippen LogP contribution in [0.3, 0.4) is 0 Å². The fourth-order valence-corrected chi connectivity index (χ4v) is 2.67. The summed E-state index contributed by atoms with van der Waals surface area (Å²) in [6.45, 7) is 1.96. The molecule has 0 saturated carbocycles. The Morgan fingerprint density at radius 3 is 2.83 bits per heavy atom. The number of thiophene rings is 1. The molecule has 5 heteroatoms. The Morgan fingerprint density at radius 1 is 1.33 bits per heavy atom. The molecule has 1 heterocycles. The van der Waals surface area contributed by atoms with Crippen LogP contribution in [0.15, 0.2) is 46.3 Å². The molecule has 2 rings (SSSR count). The minimum Gasteiger partial charge on any atom is -0.331 e. The maximum Gasteiger partial charge on any atom is 0.319 e. The highest BCUT2D eigenvalue weighted by molar-refractivity contribution is 9.10. The minimum atomic E-state index is -0.200. The fourth-order valence-electron chi connectivity index (χ4n) is 1.54. The number of halogens is 1. The Balaban J connectivity index is 1.93. The number of rotatable bonds is 3. The Morgan fingerprint density at radius 2 is 2.17 bits per heavy atom. The zero-order chi connectivity index (χ0) is 13.0. The van der Waals surface area contributed by atoms with Gasteiger partial charge in [-0.25, -0.2) is 4.79 Å². The summed E-state index contributed by atoms with van der Waals surface area (Å²) < 4.78 is 0.937. The van der Waals surface area contributed by atoms with Gasteiger partial charge in [-0.15, -0.1) is 11.3 Å². The molecule has 1 unspecified atom stereocenters. The molecule has 0 fully saturated rings. The fraction of sp³-hybridized carbons (Fsp3) is 0.154. The molecule has 2 aromatic rings. The zero-order valence-electron chi connectivity index (χ0n) is 9.81. The van der Waals surface area contributed by atoms with Gasteiger partial charge >= 0.3 is 6.03 Å². The molecule has 2 N–H and O–H groups in total. The van der Waals surface area contributed by atoms with Crippen molar-refractivity contribution in [2.75, 3.05) is 5.32 Å². The van der Waals surface area contributed by atoms with Crippen molar-refractivity contribution < 1.29 is 4.79 Å². The molecule has 94 valence electrons. The van der Waals surface area contributed by atoms with Crippen molar-refractivity contribution in [2.45, 2.75) is 13.0 Å². The quantitative estimate of drug-likeness (QED) is 0.863. The first-order valence-corrected chi connectivity index (χ1v) is 7.19. The third-order valence-corrected chi connectivity index (χ3v) is 3.95. The number of hydrogen-bond acceptors (Lipinski definition) is 2. The molecule has 18 heavy (non-hydrogen) atoms. The van der Waals surface area contributed by atoms with Gasteiger partial charge < -0.3 is 10.6 Å². The number of amides is 2. The third kappa shape index (κ3) is 3.58. The van der Waals surface area contributed by atoms with E-state index in [1.807, 2.05) is 48.7 Å². The number of nitrogens with one attached hydrogen (secondary N) is 2. The van der Waals surface area contributed by atoms with Crippen LogP contribution in [-0.2, 0) is 0 Å². The summed E-state index contributed by atoms with van der Waals surface area (Å²) in [5.74, 6) is 0. The summed E-state index contributed by atoms with van der Waals surface area (Å²) in [6, 6.07) is 11.3. The van der Waals surface area contributed by atoms with Gasteiger partial charge in [0.1, 0.15) is 0 Å². The Labute approximate surface area is 118 Å². The van der Waals surface area contributed by atoms with Crippen molar-refractivity contribution >= 4 is 39.0 Å². The van der Waals surface area contributed by atoms with Crippen molar-refractivity contribution in [3.8, 4) is 0 Å². The van der Waals surface area contributed by atoms with Gasteiger partial charge in [-0.05, 0) is 36.6 Å². The summed E-state index contributed by atoms with van der Waals surface area (Å²) >= 11 is 5.00. The van der Waals surface area contributed by atoms with E-state index < -0.39 is 0 Å². The molecule has 0 saturated heterocycles. The minimum absolute atomic E-state index is 0.0113. The average molecular weight is 325 g/mol.